The lowest BCUT2D eigenvalue weighted by Crippen LogP contribution is -2.46. The minimum atomic E-state index is -0.299. The fourth-order valence-electron chi connectivity index (χ4n) is 2.35. The van der Waals surface area contributed by atoms with Crippen LogP contribution in [-0.2, 0) is 14.3 Å². The largest absolute Gasteiger partial charge is 0.378 e. The molecule has 1 atom stereocenters. The molecule has 0 spiro atoms. The van der Waals surface area contributed by atoms with E-state index in [1.165, 1.54) is 0 Å². The number of nitrogens with one attached hydrogen (secondary N) is 1. The molecule has 1 saturated heterocycles. The standard InChI is InChI=1S/C14H25N3O3/c1-16(2)7-9-20-10-8-17-6-5-12(18)15-13(14(17)19)11-3-4-11/h11,13H,3-10H2,1-2H3,(H,15,18). The molecule has 0 bridgehead atoms. The molecule has 0 radical (unpaired) electrons. The Morgan fingerprint density at radius 2 is 2.05 bits per heavy atom. The molecule has 114 valence electrons. The number of carbonyl (C=O) groups is 2. The molecule has 1 aliphatic carbocycles. The van der Waals surface area contributed by atoms with Gasteiger partial charge in [-0.3, -0.25) is 9.59 Å². The molecule has 1 aliphatic heterocycles. The summed E-state index contributed by atoms with van der Waals surface area (Å²) in [6.07, 6.45) is 2.49. The molecular formula is C14H25N3O3. The summed E-state index contributed by atoms with van der Waals surface area (Å²) in [4.78, 5) is 27.9. The Labute approximate surface area is 120 Å². The van der Waals surface area contributed by atoms with E-state index in [-0.39, 0.29) is 17.9 Å². The molecule has 20 heavy (non-hydrogen) atoms. The molecule has 0 aromatic heterocycles. The van der Waals surface area contributed by atoms with Crippen LogP contribution in [0.2, 0.25) is 0 Å². The van der Waals surface area contributed by atoms with E-state index in [4.69, 9.17) is 4.74 Å². The molecule has 0 aromatic rings. The summed E-state index contributed by atoms with van der Waals surface area (Å²) in [6, 6.07) is -0.299. The van der Waals surface area contributed by atoms with Crippen LogP contribution < -0.4 is 5.32 Å². The summed E-state index contributed by atoms with van der Waals surface area (Å²) in [5, 5.41) is 2.86. The highest BCUT2D eigenvalue weighted by atomic mass is 16.5. The Morgan fingerprint density at radius 3 is 2.70 bits per heavy atom. The van der Waals surface area contributed by atoms with Crippen molar-refractivity contribution in [1.29, 1.82) is 0 Å². The van der Waals surface area contributed by atoms with E-state index in [1.54, 1.807) is 4.90 Å². The summed E-state index contributed by atoms with van der Waals surface area (Å²) in [5.41, 5.74) is 0. The van der Waals surface area contributed by atoms with E-state index in [9.17, 15) is 9.59 Å². The minimum Gasteiger partial charge on any atom is -0.378 e. The van der Waals surface area contributed by atoms with E-state index in [1.807, 2.05) is 14.1 Å². The van der Waals surface area contributed by atoms with Gasteiger partial charge in [0.15, 0.2) is 0 Å². The van der Waals surface area contributed by atoms with Gasteiger partial charge in [-0.1, -0.05) is 0 Å². The van der Waals surface area contributed by atoms with Crippen LogP contribution in [0.15, 0.2) is 0 Å². The number of hydrogen-bond acceptors (Lipinski definition) is 4. The van der Waals surface area contributed by atoms with Crippen molar-refractivity contribution in [2.75, 3.05) is 46.9 Å². The number of carbonyl (C=O) groups excluding carboxylic acids is 2. The van der Waals surface area contributed by atoms with Crippen molar-refractivity contribution in [3.63, 3.8) is 0 Å². The Balaban J connectivity index is 1.77. The lowest BCUT2D eigenvalue weighted by atomic mass is 10.1. The molecule has 1 saturated carbocycles. The molecule has 2 rings (SSSR count). The number of hydrogen-bond donors (Lipinski definition) is 1. The Kier molecular flexibility index (Phi) is 5.37. The quantitative estimate of drug-likeness (QED) is 0.651. The number of ether oxygens (including phenoxy) is 1. The van der Waals surface area contributed by atoms with Gasteiger partial charge in [0.05, 0.1) is 13.2 Å². The predicted octanol–water partition coefficient (Wildman–Crippen LogP) is -0.308. The van der Waals surface area contributed by atoms with Crippen LogP contribution in [0.4, 0.5) is 0 Å². The normalized spacial score (nSPS) is 23.9. The van der Waals surface area contributed by atoms with Gasteiger partial charge >= 0.3 is 0 Å². The summed E-state index contributed by atoms with van der Waals surface area (Å²) < 4.78 is 5.53. The zero-order valence-electron chi connectivity index (χ0n) is 12.4. The first kappa shape index (κ1) is 15.3. The van der Waals surface area contributed by atoms with Gasteiger partial charge in [-0.15, -0.1) is 0 Å². The van der Waals surface area contributed by atoms with Crippen molar-refractivity contribution in [2.24, 2.45) is 5.92 Å². The lowest BCUT2D eigenvalue weighted by molar-refractivity contribution is -0.134. The molecule has 2 fully saturated rings. The van der Waals surface area contributed by atoms with Gasteiger partial charge in [-0.2, -0.15) is 0 Å². The Hall–Kier alpha value is -1.14. The fraction of sp³-hybridized carbons (Fsp3) is 0.857. The van der Waals surface area contributed by atoms with Crippen LogP contribution in [0.25, 0.3) is 0 Å². The predicted molar refractivity (Wildman–Crippen MR) is 75.2 cm³/mol. The van der Waals surface area contributed by atoms with Crippen LogP contribution in [0.1, 0.15) is 19.3 Å². The van der Waals surface area contributed by atoms with Crippen molar-refractivity contribution >= 4 is 11.8 Å². The zero-order valence-corrected chi connectivity index (χ0v) is 12.4. The number of amides is 2. The number of likely N-dealkylation sites (N-methyl/N-ethyl adjacent to an activating group) is 1. The van der Waals surface area contributed by atoms with Gasteiger partial charge < -0.3 is 19.9 Å². The smallest absolute Gasteiger partial charge is 0.245 e. The van der Waals surface area contributed by atoms with E-state index in [2.05, 4.69) is 10.2 Å². The van der Waals surface area contributed by atoms with E-state index < -0.39 is 0 Å². The third-order valence-electron chi connectivity index (χ3n) is 3.78. The van der Waals surface area contributed by atoms with Gasteiger partial charge in [0.25, 0.3) is 0 Å². The summed E-state index contributed by atoms with van der Waals surface area (Å²) >= 11 is 0. The summed E-state index contributed by atoms with van der Waals surface area (Å²) in [7, 11) is 4.00. The van der Waals surface area contributed by atoms with Crippen LogP contribution >= 0.6 is 0 Å². The molecule has 2 amide bonds. The highest BCUT2D eigenvalue weighted by molar-refractivity contribution is 5.90. The molecule has 1 heterocycles. The first-order chi connectivity index (χ1) is 9.58. The van der Waals surface area contributed by atoms with E-state index >= 15 is 0 Å². The third kappa shape index (κ3) is 4.45. The van der Waals surface area contributed by atoms with Gasteiger partial charge in [-0.05, 0) is 32.9 Å². The molecule has 1 unspecified atom stereocenters. The molecular weight excluding hydrogens is 258 g/mol. The van der Waals surface area contributed by atoms with Gasteiger partial charge in [0.1, 0.15) is 6.04 Å². The average molecular weight is 283 g/mol. The van der Waals surface area contributed by atoms with Crippen molar-refractivity contribution in [3.05, 3.63) is 0 Å². The second-order valence-electron chi connectivity index (χ2n) is 5.87. The summed E-state index contributed by atoms with van der Waals surface area (Å²) in [5.74, 6) is 0.405. The van der Waals surface area contributed by atoms with Crippen LogP contribution in [-0.4, -0.2) is 74.6 Å². The maximum Gasteiger partial charge on any atom is 0.245 e. The van der Waals surface area contributed by atoms with Crippen molar-refractivity contribution < 1.29 is 14.3 Å². The summed E-state index contributed by atoms with van der Waals surface area (Å²) in [6.45, 7) is 3.15. The lowest BCUT2D eigenvalue weighted by Gasteiger charge is -2.24. The zero-order chi connectivity index (χ0) is 14.5. The third-order valence-corrected chi connectivity index (χ3v) is 3.78. The van der Waals surface area contributed by atoms with Gasteiger partial charge in [0, 0.05) is 26.1 Å². The van der Waals surface area contributed by atoms with E-state index in [0.717, 1.165) is 19.4 Å². The fourth-order valence-corrected chi connectivity index (χ4v) is 2.35. The minimum absolute atomic E-state index is 0.00808. The van der Waals surface area contributed by atoms with Crippen LogP contribution in [0.3, 0.4) is 0 Å². The van der Waals surface area contributed by atoms with Gasteiger partial charge in [0.2, 0.25) is 11.8 Å². The molecule has 6 heteroatoms. The second kappa shape index (κ2) is 7.04. The van der Waals surface area contributed by atoms with Crippen molar-refractivity contribution in [1.82, 2.24) is 15.1 Å². The van der Waals surface area contributed by atoms with Crippen LogP contribution in [0, 0.1) is 5.92 Å². The van der Waals surface area contributed by atoms with Gasteiger partial charge in [-0.25, -0.2) is 0 Å². The first-order valence-electron chi connectivity index (χ1n) is 7.38. The van der Waals surface area contributed by atoms with E-state index in [0.29, 0.717) is 38.6 Å². The number of nitrogens with zero attached hydrogens (tertiary/aromatic N) is 2. The number of rotatable bonds is 7. The Morgan fingerprint density at radius 1 is 1.30 bits per heavy atom. The highest BCUT2D eigenvalue weighted by Crippen LogP contribution is 2.34. The maximum absolute atomic E-state index is 12.4. The van der Waals surface area contributed by atoms with Crippen molar-refractivity contribution in [3.8, 4) is 0 Å². The molecule has 0 aromatic carbocycles. The van der Waals surface area contributed by atoms with Crippen LogP contribution in [0.5, 0.6) is 0 Å². The first-order valence-corrected chi connectivity index (χ1v) is 7.38. The SMILES string of the molecule is CN(C)CCOCCN1CCC(=O)NC(C2CC2)C1=O. The second-order valence-corrected chi connectivity index (χ2v) is 5.87. The average Bonchev–Trinajstić information content (AvgIpc) is 3.21. The monoisotopic (exact) mass is 283 g/mol. The molecule has 6 nitrogen and oxygen atoms in total. The highest BCUT2D eigenvalue weighted by Gasteiger charge is 2.40. The Bertz CT molecular complexity index is 356. The topological polar surface area (TPSA) is 61.9 Å². The maximum atomic E-state index is 12.4. The molecule has 2 aliphatic rings. The van der Waals surface area contributed by atoms with Crippen molar-refractivity contribution in [2.45, 2.75) is 25.3 Å². The molecule has 1 N–H and O–H groups in total.